The predicted octanol–water partition coefficient (Wildman–Crippen LogP) is 3.72. The molecule has 0 aliphatic heterocycles. The minimum Gasteiger partial charge on any atom is -0.289 e. The summed E-state index contributed by atoms with van der Waals surface area (Å²) in [5.74, 6) is 0. The first kappa shape index (κ1) is 14.6. The Labute approximate surface area is 129 Å². The fourth-order valence-electron chi connectivity index (χ4n) is 3.22. The normalized spacial score (nSPS) is 17.0. The molecule has 1 aliphatic rings. The minimum absolute atomic E-state index is 0.0690. The highest BCUT2D eigenvalue weighted by Crippen LogP contribution is 2.29. The Morgan fingerprint density at radius 3 is 2.52 bits per heavy atom. The molecule has 0 aromatic carbocycles. The summed E-state index contributed by atoms with van der Waals surface area (Å²) in [7, 11) is 0. The summed E-state index contributed by atoms with van der Waals surface area (Å²) in [6.45, 7) is 1.99. The number of fused-ring (bicyclic) bond motifs is 1. The van der Waals surface area contributed by atoms with Gasteiger partial charge in [0.1, 0.15) is 5.65 Å². The van der Waals surface area contributed by atoms with Crippen LogP contribution < -0.4 is 5.56 Å². The first-order valence-corrected chi connectivity index (χ1v) is 8.87. The van der Waals surface area contributed by atoms with Crippen LogP contribution in [0.15, 0.2) is 22.1 Å². The molecule has 1 aliphatic carbocycles. The molecule has 3 rings (SSSR count). The molecular weight excluding hydrogens is 282 g/mol. The van der Waals surface area contributed by atoms with Crippen molar-refractivity contribution in [3.8, 4) is 0 Å². The highest BCUT2D eigenvalue weighted by atomic mass is 32.2. The molecule has 2 aromatic rings. The van der Waals surface area contributed by atoms with Gasteiger partial charge in [0.05, 0.1) is 5.69 Å². The standard InChI is InChI=1S/C16H21N3OS/c1-11-13-9-10-14(20)19(12-7-5-3-4-6-8-12)15(13)18-16(17-11)21-2/h9-10,12H,3-8H2,1-2H3. The van der Waals surface area contributed by atoms with Gasteiger partial charge in [0, 0.05) is 17.5 Å². The SMILES string of the molecule is CSc1nc(C)c2ccc(=O)n(C3CCCCCC3)c2n1. The Morgan fingerprint density at radius 1 is 1.14 bits per heavy atom. The van der Waals surface area contributed by atoms with E-state index in [4.69, 9.17) is 0 Å². The van der Waals surface area contributed by atoms with Crippen molar-refractivity contribution in [1.29, 1.82) is 0 Å². The van der Waals surface area contributed by atoms with Crippen LogP contribution in [0.1, 0.15) is 50.3 Å². The van der Waals surface area contributed by atoms with Crippen molar-refractivity contribution in [2.45, 2.75) is 56.6 Å². The van der Waals surface area contributed by atoms with E-state index in [9.17, 15) is 4.79 Å². The molecule has 0 bridgehead atoms. The van der Waals surface area contributed by atoms with E-state index < -0.39 is 0 Å². The van der Waals surface area contributed by atoms with Gasteiger partial charge in [0.15, 0.2) is 5.16 Å². The van der Waals surface area contributed by atoms with Gasteiger partial charge in [-0.05, 0) is 32.1 Å². The van der Waals surface area contributed by atoms with E-state index in [1.54, 1.807) is 6.07 Å². The van der Waals surface area contributed by atoms with Crippen LogP contribution in [-0.4, -0.2) is 20.8 Å². The van der Waals surface area contributed by atoms with Gasteiger partial charge in [-0.3, -0.25) is 9.36 Å². The lowest BCUT2D eigenvalue weighted by molar-refractivity contribution is 0.441. The smallest absolute Gasteiger partial charge is 0.252 e. The molecule has 0 atom stereocenters. The zero-order valence-electron chi connectivity index (χ0n) is 12.6. The number of hydrogen-bond acceptors (Lipinski definition) is 4. The fraction of sp³-hybridized carbons (Fsp3) is 0.562. The second kappa shape index (κ2) is 6.18. The van der Waals surface area contributed by atoms with Crippen LogP contribution in [0.4, 0.5) is 0 Å². The number of rotatable bonds is 2. The molecule has 0 spiro atoms. The molecule has 4 nitrogen and oxygen atoms in total. The Bertz CT molecular complexity index is 702. The Morgan fingerprint density at radius 2 is 1.86 bits per heavy atom. The number of aromatic nitrogens is 3. The van der Waals surface area contributed by atoms with E-state index >= 15 is 0 Å². The molecule has 0 radical (unpaired) electrons. The molecular formula is C16H21N3OS. The zero-order chi connectivity index (χ0) is 14.8. The lowest BCUT2D eigenvalue weighted by Gasteiger charge is -2.20. The van der Waals surface area contributed by atoms with E-state index in [0.29, 0.717) is 0 Å². The van der Waals surface area contributed by atoms with Gasteiger partial charge in [0.25, 0.3) is 5.56 Å². The van der Waals surface area contributed by atoms with Crippen LogP contribution >= 0.6 is 11.8 Å². The fourth-order valence-corrected chi connectivity index (χ4v) is 3.63. The summed E-state index contributed by atoms with van der Waals surface area (Å²) < 4.78 is 1.93. The quantitative estimate of drug-likeness (QED) is 0.482. The van der Waals surface area contributed by atoms with Crippen LogP contribution in [0.25, 0.3) is 11.0 Å². The van der Waals surface area contributed by atoms with Gasteiger partial charge < -0.3 is 0 Å². The van der Waals surface area contributed by atoms with Crippen molar-refractivity contribution in [2.24, 2.45) is 0 Å². The third kappa shape index (κ3) is 2.84. The van der Waals surface area contributed by atoms with E-state index in [2.05, 4.69) is 9.97 Å². The molecule has 1 fully saturated rings. The predicted molar refractivity (Wildman–Crippen MR) is 87.1 cm³/mol. The lowest BCUT2D eigenvalue weighted by atomic mass is 10.1. The van der Waals surface area contributed by atoms with E-state index in [1.165, 1.54) is 37.4 Å². The van der Waals surface area contributed by atoms with Crippen LogP contribution in [0, 0.1) is 6.92 Å². The average Bonchev–Trinajstić information content (AvgIpc) is 2.75. The van der Waals surface area contributed by atoms with Crippen molar-refractivity contribution < 1.29 is 0 Å². The Kier molecular flexibility index (Phi) is 4.29. The second-order valence-corrected chi connectivity index (χ2v) is 6.49. The Balaban J connectivity index is 2.21. The van der Waals surface area contributed by atoms with Gasteiger partial charge >= 0.3 is 0 Å². The van der Waals surface area contributed by atoms with Crippen molar-refractivity contribution in [2.75, 3.05) is 6.26 Å². The zero-order valence-corrected chi connectivity index (χ0v) is 13.4. The van der Waals surface area contributed by atoms with E-state index in [-0.39, 0.29) is 11.6 Å². The summed E-state index contributed by atoms with van der Waals surface area (Å²) >= 11 is 1.53. The third-order valence-corrected chi connectivity index (χ3v) is 4.87. The minimum atomic E-state index is 0.0690. The van der Waals surface area contributed by atoms with Crippen molar-refractivity contribution in [3.63, 3.8) is 0 Å². The van der Waals surface area contributed by atoms with Gasteiger partial charge in [-0.1, -0.05) is 37.4 Å². The van der Waals surface area contributed by atoms with Gasteiger partial charge in [0.2, 0.25) is 0 Å². The highest BCUT2D eigenvalue weighted by Gasteiger charge is 2.19. The van der Waals surface area contributed by atoms with Crippen LogP contribution in [0.2, 0.25) is 0 Å². The first-order valence-electron chi connectivity index (χ1n) is 7.64. The molecule has 21 heavy (non-hydrogen) atoms. The van der Waals surface area contributed by atoms with Crippen molar-refractivity contribution in [3.05, 3.63) is 28.2 Å². The molecule has 2 heterocycles. The molecule has 0 N–H and O–H groups in total. The van der Waals surface area contributed by atoms with Crippen LogP contribution in [0.5, 0.6) is 0 Å². The molecule has 0 saturated heterocycles. The summed E-state index contributed by atoms with van der Waals surface area (Å²) in [5.41, 5.74) is 1.83. The molecule has 112 valence electrons. The van der Waals surface area contributed by atoms with E-state index in [1.807, 2.05) is 23.8 Å². The summed E-state index contributed by atoms with van der Waals surface area (Å²) in [6, 6.07) is 3.82. The second-order valence-electron chi connectivity index (χ2n) is 5.72. The largest absolute Gasteiger partial charge is 0.289 e. The number of nitrogens with zero attached hydrogens (tertiary/aromatic N) is 3. The van der Waals surface area contributed by atoms with Crippen LogP contribution in [-0.2, 0) is 0 Å². The molecule has 0 amide bonds. The van der Waals surface area contributed by atoms with Gasteiger partial charge in [-0.15, -0.1) is 0 Å². The van der Waals surface area contributed by atoms with Crippen LogP contribution in [0.3, 0.4) is 0 Å². The van der Waals surface area contributed by atoms with Crippen molar-refractivity contribution >= 4 is 22.8 Å². The van der Waals surface area contributed by atoms with Gasteiger partial charge in [-0.25, -0.2) is 9.97 Å². The monoisotopic (exact) mass is 303 g/mol. The molecule has 2 aromatic heterocycles. The topological polar surface area (TPSA) is 47.8 Å². The molecule has 5 heteroatoms. The number of aryl methyl sites for hydroxylation is 1. The summed E-state index contributed by atoms with van der Waals surface area (Å²) in [4.78, 5) is 21.6. The molecule has 0 unspecified atom stereocenters. The highest BCUT2D eigenvalue weighted by molar-refractivity contribution is 7.98. The lowest BCUT2D eigenvalue weighted by Crippen LogP contribution is -2.25. The maximum absolute atomic E-state index is 12.5. The van der Waals surface area contributed by atoms with Crippen molar-refractivity contribution in [1.82, 2.24) is 14.5 Å². The average molecular weight is 303 g/mol. The van der Waals surface area contributed by atoms with E-state index in [0.717, 1.165) is 34.7 Å². The molecule has 1 saturated carbocycles. The summed E-state index contributed by atoms with van der Waals surface area (Å²) in [5, 5.41) is 1.74. The maximum atomic E-state index is 12.5. The number of hydrogen-bond donors (Lipinski definition) is 0. The number of thioether (sulfide) groups is 1. The number of pyridine rings is 1. The van der Waals surface area contributed by atoms with Gasteiger partial charge in [-0.2, -0.15) is 0 Å². The first-order chi connectivity index (χ1) is 10.2. The maximum Gasteiger partial charge on any atom is 0.252 e. The Hall–Kier alpha value is -1.36. The summed E-state index contributed by atoms with van der Waals surface area (Å²) in [6.07, 6.45) is 9.09. The third-order valence-electron chi connectivity index (χ3n) is 4.33.